The first-order valence-corrected chi connectivity index (χ1v) is 10.9. The second-order valence-electron chi connectivity index (χ2n) is 6.84. The number of nitrogens with two attached hydrogens (primary N) is 3. The first-order valence-electron chi connectivity index (χ1n) is 8.91. The predicted molar refractivity (Wildman–Crippen MR) is 111 cm³/mol. The first-order chi connectivity index (χ1) is 15.7. The molecule has 0 aliphatic carbocycles. The van der Waals surface area contributed by atoms with Crippen LogP contribution in [0.15, 0.2) is 34.8 Å². The lowest BCUT2D eigenvalue weighted by atomic mass is 9.96. The van der Waals surface area contributed by atoms with Crippen LogP contribution in [0.25, 0.3) is 0 Å². The number of carboxylic acids is 1. The van der Waals surface area contributed by atoms with Gasteiger partial charge in [0.2, 0.25) is 11.4 Å². The lowest BCUT2D eigenvalue weighted by molar-refractivity contribution is -0.420. The topological polar surface area (TPSA) is 275 Å². The molecule has 1 aromatic rings. The van der Waals surface area contributed by atoms with Crippen LogP contribution in [0.5, 0.6) is 5.75 Å². The van der Waals surface area contributed by atoms with E-state index in [2.05, 4.69) is 4.99 Å². The molecule has 0 bridgehead atoms. The molecule has 7 N–H and O–H groups in total. The minimum atomic E-state index is -4.29. The number of ether oxygens (including phenoxy) is 1. The molecule has 2 unspecified atom stereocenters. The number of hydrazine groups is 1. The van der Waals surface area contributed by atoms with E-state index in [1.54, 1.807) is 6.07 Å². The number of carboxylic acid groups (broad SMARTS) is 1. The van der Waals surface area contributed by atoms with Gasteiger partial charge in [-0.25, -0.2) is 24.3 Å². The van der Waals surface area contributed by atoms with Gasteiger partial charge in [0.1, 0.15) is 17.4 Å². The van der Waals surface area contributed by atoms with Gasteiger partial charge in [-0.2, -0.15) is 5.26 Å². The van der Waals surface area contributed by atoms with E-state index in [0.717, 1.165) is 12.1 Å². The lowest BCUT2D eigenvalue weighted by Gasteiger charge is -2.31. The maximum absolute atomic E-state index is 12.3. The fourth-order valence-corrected chi connectivity index (χ4v) is 3.70. The van der Waals surface area contributed by atoms with E-state index in [1.807, 2.05) is 0 Å². The van der Waals surface area contributed by atoms with Crippen LogP contribution in [-0.4, -0.2) is 58.7 Å². The van der Waals surface area contributed by atoms with Gasteiger partial charge in [-0.05, 0) is 18.2 Å². The van der Waals surface area contributed by atoms with E-state index in [1.165, 1.54) is 6.07 Å². The number of aliphatic carboxylic acids is 1. The Hall–Kier alpha value is -4.56. The molecule has 0 saturated heterocycles. The van der Waals surface area contributed by atoms with Crippen LogP contribution >= 0.6 is 0 Å². The fraction of sp³-hybridized carbons (Fsp3) is 0.235. The van der Waals surface area contributed by atoms with E-state index in [4.69, 9.17) is 27.3 Å². The van der Waals surface area contributed by atoms with Crippen molar-refractivity contribution in [2.75, 3.05) is 6.26 Å². The van der Waals surface area contributed by atoms with Gasteiger partial charge >= 0.3 is 11.7 Å². The highest BCUT2D eigenvalue weighted by Crippen LogP contribution is 2.31. The molecule has 1 aromatic carbocycles. The number of aliphatic imine (C=N–C) groups is 1. The third-order valence-corrected chi connectivity index (χ3v) is 5.45. The van der Waals surface area contributed by atoms with E-state index < -0.39 is 73.4 Å². The highest BCUT2D eigenvalue weighted by molar-refractivity contribution is 7.91. The summed E-state index contributed by atoms with van der Waals surface area (Å²) < 4.78 is 29.9. The van der Waals surface area contributed by atoms with E-state index in [0.29, 0.717) is 6.26 Å². The molecule has 1 heterocycles. The van der Waals surface area contributed by atoms with Crippen molar-refractivity contribution in [1.82, 2.24) is 5.01 Å². The summed E-state index contributed by atoms with van der Waals surface area (Å²) in [5.41, 5.74) is 5.56. The maximum atomic E-state index is 12.3. The number of benzene rings is 1. The SMILES string of the molecule is CS(=O)(=O)C1N=C(C(CC(N)=O)C(=O)O)C([N+](=O)[O-])=C(Oc2cc(C#N)ccc2C(N)=O)N1N. The van der Waals surface area contributed by atoms with Gasteiger partial charge in [-0.15, -0.1) is 0 Å². The molecule has 0 spiro atoms. The highest BCUT2D eigenvalue weighted by Gasteiger charge is 2.47. The minimum absolute atomic E-state index is 0.0756. The molecular formula is C17H17N7O9S. The number of amides is 2. The van der Waals surface area contributed by atoms with E-state index in [-0.39, 0.29) is 16.1 Å². The first kappa shape index (κ1) is 25.7. The monoisotopic (exact) mass is 495 g/mol. The van der Waals surface area contributed by atoms with Crippen molar-refractivity contribution < 1.29 is 37.6 Å². The summed E-state index contributed by atoms with van der Waals surface area (Å²) in [7, 11) is -4.29. The third-order valence-electron chi connectivity index (χ3n) is 4.35. The number of carbonyl (C=O) groups is 3. The van der Waals surface area contributed by atoms with E-state index in [9.17, 15) is 38.0 Å². The normalized spacial score (nSPS) is 16.8. The van der Waals surface area contributed by atoms with Gasteiger partial charge in [0.25, 0.3) is 11.8 Å². The Morgan fingerprint density at radius 2 is 2.00 bits per heavy atom. The number of allylic oxidation sites excluding steroid dienone is 1. The van der Waals surface area contributed by atoms with Crippen LogP contribution in [0.2, 0.25) is 0 Å². The molecule has 1 aliphatic rings. The van der Waals surface area contributed by atoms with Crippen LogP contribution < -0.4 is 22.0 Å². The van der Waals surface area contributed by atoms with Crippen LogP contribution in [0.3, 0.4) is 0 Å². The predicted octanol–water partition coefficient (Wildman–Crippen LogP) is -1.98. The summed E-state index contributed by atoms with van der Waals surface area (Å²) in [6.07, 6.45) is -0.321. The Labute approximate surface area is 190 Å². The fourth-order valence-electron chi connectivity index (χ4n) is 2.89. The smallest absolute Gasteiger partial charge is 0.352 e. The quantitative estimate of drug-likeness (QED) is 0.165. The second-order valence-corrected chi connectivity index (χ2v) is 8.92. The molecule has 2 amide bonds. The Balaban J connectivity index is 2.88. The van der Waals surface area contributed by atoms with Crippen molar-refractivity contribution >= 4 is 33.3 Å². The second kappa shape index (κ2) is 9.51. The van der Waals surface area contributed by atoms with Crippen LogP contribution in [-0.2, 0) is 19.4 Å². The largest absolute Gasteiger partial charge is 0.481 e. The van der Waals surface area contributed by atoms with Crippen LogP contribution in [0.4, 0.5) is 0 Å². The number of carbonyl (C=O) groups excluding carboxylic acids is 2. The maximum Gasteiger partial charge on any atom is 0.352 e. The average molecular weight is 495 g/mol. The Morgan fingerprint density at radius 1 is 1.38 bits per heavy atom. The Kier molecular flexibility index (Phi) is 7.19. The number of primary amides is 2. The zero-order valence-electron chi connectivity index (χ0n) is 17.2. The van der Waals surface area contributed by atoms with Gasteiger partial charge in [0, 0.05) is 12.7 Å². The molecular weight excluding hydrogens is 478 g/mol. The Morgan fingerprint density at radius 3 is 2.44 bits per heavy atom. The zero-order chi connectivity index (χ0) is 26.0. The summed E-state index contributed by atoms with van der Waals surface area (Å²) in [5.74, 6) is -1.88. The van der Waals surface area contributed by atoms with Gasteiger partial charge in [-0.3, -0.25) is 24.5 Å². The summed E-state index contributed by atoms with van der Waals surface area (Å²) in [4.78, 5) is 49.3. The number of rotatable bonds is 9. The van der Waals surface area contributed by atoms with Gasteiger partial charge in [0.05, 0.1) is 22.1 Å². The van der Waals surface area contributed by atoms with Crippen LogP contribution in [0.1, 0.15) is 22.3 Å². The molecule has 0 aromatic heterocycles. The zero-order valence-corrected chi connectivity index (χ0v) is 18.1. The van der Waals surface area contributed by atoms with Crippen molar-refractivity contribution in [2.24, 2.45) is 28.2 Å². The highest BCUT2D eigenvalue weighted by atomic mass is 32.2. The molecule has 0 fully saturated rings. The number of hydrogen-bond donors (Lipinski definition) is 4. The third kappa shape index (κ3) is 5.25. The molecule has 34 heavy (non-hydrogen) atoms. The summed E-state index contributed by atoms with van der Waals surface area (Å²) in [6.45, 7) is 0. The molecule has 2 rings (SSSR count). The number of nitro groups is 1. The molecule has 0 saturated carbocycles. The van der Waals surface area contributed by atoms with Gasteiger partial charge in [-0.1, -0.05) is 0 Å². The molecule has 17 heteroatoms. The molecule has 16 nitrogen and oxygen atoms in total. The lowest BCUT2D eigenvalue weighted by Crippen LogP contribution is -2.51. The van der Waals surface area contributed by atoms with Gasteiger partial charge in [0.15, 0.2) is 9.84 Å². The summed E-state index contributed by atoms with van der Waals surface area (Å²) >= 11 is 0. The number of sulfone groups is 1. The van der Waals surface area contributed by atoms with E-state index >= 15 is 0 Å². The number of nitrogens with zero attached hydrogens (tertiary/aromatic N) is 4. The van der Waals surface area contributed by atoms with Gasteiger partial charge < -0.3 is 21.3 Å². The molecule has 1 aliphatic heterocycles. The molecule has 2 atom stereocenters. The van der Waals surface area contributed by atoms with Crippen molar-refractivity contribution in [3.63, 3.8) is 0 Å². The van der Waals surface area contributed by atoms with Crippen molar-refractivity contribution in [1.29, 1.82) is 5.26 Å². The Bertz CT molecular complexity index is 1300. The van der Waals surface area contributed by atoms with Crippen molar-refractivity contribution in [3.8, 4) is 11.8 Å². The average Bonchev–Trinajstić information content (AvgIpc) is 2.71. The minimum Gasteiger partial charge on any atom is -0.481 e. The van der Waals surface area contributed by atoms with Crippen molar-refractivity contribution in [3.05, 3.63) is 51.0 Å². The molecule has 180 valence electrons. The summed E-state index contributed by atoms with van der Waals surface area (Å²) in [6, 6.07) is 4.97. The number of nitriles is 1. The standard InChI is InChI=1S/C17H17N7O9S/c1-34(31,32)17-22-12(9(16(27)28)5-11(19)25)13(24(29)30)15(23(17)21)33-10-4-7(6-18)2-3-8(10)14(20)26/h2-4,9,17H,5,21H2,1H3,(H2,19,25)(H2,20,26)(H,27,28). The number of hydrogen-bond acceptors (Lipinski definition) is 12. The van der Waals surface area contributed by atoms with Crippen molar-refractivity contribution in [2.45, 2.75) is 11.9 Å². The molecule has 0 radical (unpaired) electrons. The van der Waals surface area contributed by atoms with Crippen LogP contribution in [0, 0.1) is 27.4 Å². The summed E-state index contributed by atoms with van der Waals surface area (Å²) in [5, 5.41) is 30.8.